The molecule has 1 radical (unpaired) electrons. The zero-order valence-electron chi connectivity index (χ0n) is 5.89. The third-order valence-electron chi connectivity index (χ3n) is 0.333. The quantitative estimate of drug-likeness (QED) is 0.417. The van der Waals surface area contributed by atoms with E-state index in [2.05, 4.69) is 13.2 Å². The standard InChI is InChI=1S/2C3H4O2.Co.Fe/c2*1-2-3(4)5;;/h2*2H,1H2,(H,4,5);;/q;;+2;/p-2. The van der Waals surface area contributed by atoms with Gasteiger partial charge in [0.05, 0.1) is 11.9 Å². The number of carbonyl (C=O) groups is 2. The summed E-state index contributed by atoms with van der Waals surface area (Å²) >= 11 is 0. The van der Waals surface area contributed by atoms with E-state index in [1.165, 1.54) is 0 Å². The van der Waals surface area contributed by atoms with E-state index >= 15 is 0 Å². The van der Waals surface area contributed by atoms with Gasteiger partial charge in [0, 0.05) is 17.1 Å². The molecule has 0 bridgehead atoms. The first kappa shape index (κ1) is 22.5. The van der Waals surface area contributed by atoms with Crippen molar-refractivity contribution in [3.8, 4) is 0 Å². The third-order valence-corrected chi connectivity index (χ3v) is 0.333. The van der Waals surface area contributed by atoms with Gasteiger partial charge in [-0.1, -0.05) is 13.2 Å². The summed E-state index contributed by atoms with van der Waals surface area (Å²) in [4.78, 5) is 18.3. The Labute approximate surface area is 91.0 Å². The molecule has 0 aromatic heterocycles. The van der Waals surface area contributed by atoms with Gasteiger partial charge in [0.15, 0.2) is 0 Å². The number of carboxylic acid groups (broad SMARTS) is 2. The smallest absolute Gasteiger partial charge is 0.545 e. The van der Waals surface area contributed by atoms with E-state index in [4.69, 9.17) is 19.8 Å². The maximum atomic E-state index is 9.14. The number of hydrogen-bond acceptors (Lipinski definition) is 4. The minimum absolute atomic E-state index is 0. The van der Waals surface area contributed by atoms with Gasteiger partial charge in [-0.25, -0.2) is 0 Å². The largest absolute Gasteiger partial charge is 2.00 e. The van der Waals surface area contributed by atoms with Gasteiger partial charge in [-0.15, -0.1) is 0 Å². The number of aliphatic carboxylic acids is 2. The summed E-state index contributed by atoms with van der Waals surface area (Å²) in [7, 11) is 0. The summed E-state index contributed by atoms with van der Waals surface area (Å²) < 4.78 is 0. The van der Waals surface area contributed by atoms with Gasteiger partial charge in [0.2, 0.25) is 0 Å². The van der Waals surface area contributed by atoms with Gasteiger partial charge in [0.1, 0.15) is 0 Å². The normalized spacial score (nSPS) is 5.33. The van der Waals surface area contributed by atoms with Crippen LogP contribution in [-0.4, -0.2) is 11.9 Å². The molecule has 0 N–H and O–H groups in total. The van der Waals surface area contributed by atoms with Crippen LogP contribution in [0.3, 0.4) is 0 Å². The maximum absolute atomic E-state index is 9.14. The Bertz CT molecular complexity index is 140. The van der Waals surface area contributed by atoms with Crippen molar-refractivity contribution in [1.82, 2.24) is 0 Å². The van der Waals surface area contributed by atoms with Gasteiger partial charge >= 0.3 is 16.8 Å². The second kappa shape index (κ2) is 16.8. The van der Waals surface area contributed by atoms with Crippen LogP contribution in [0.25, 0.3) is 0 Å². The van der Waals surface area contributed by atoms with Crippen molar-refractivity contribution in [2.75, 3.05) is 0 Å². The predicted molar refractivity (Wildman–Crippen MR) is 30.4 cm³/mol. The number of carboxylic acids is 2. The predicted octanol–water partition coefficient (Wildman–Crippen LogP) is -2.16. The Morgan fingerprint density at radius 3 is 1.08 bits per heavy atom. The van der Waals surface area contributed by atoms with Gasteiger partial charge in [-0.2, -0.15) is 0 Å². The summed E-state index contributed by atoms with van der Waals surface area (Å²) in [6.07, 6.45) is 1.44. The van der Waals surface area contributed by atoms with Gasteiger partial charge in [-0.3, -0.25) is 0 Å². The molecule has 0 heterocycles. The van der Waals surface area contributed by atoms with E-state index in [0.717, 1.165) is 12.2 Å². The van der Waals surface area contributed by atoms with Crippen molar-refractivity contribution < 1.29 is 53.6 Å². The van der Waals surface area contributed by atoms with Gasteiger partial charge < -0.3 is 19.8 Å². The Hall–Kier alpha value is -0.554. The van der Waals surface area contributed by atoms with E-state index in [9.17, 15) is 0 Å². The summed E-state index contributed by atoms with van der Waals surface area (Å²) in [6, 6.07) is 0. The van der Waals surface area contributed by atoms with E-state index in [0.29, 0.717) is 0 Å². The van der Waals surface area contributed by atoms with Crippen LogP contribution in [0.1, 0.15) is 0 Å². The molecule has 0 fully saturated rings. The van der Waals surface area contributed by atoms with Crippen molar-refractivity contribution in [2.24, 2.45) is 0 Å². The summed E-state index contributed by atoms with van der Waals surface area (Å²) in [5, 5.41) is 18.3. The maximum Gasteiger partial charge on any atom is 2.00 e. The first-order valence-electron chi connectivity index (χ1n) is 2.21. The fourth-order valence-electron chi connectivity index (χ4n) is 0. The topological polar surface area (TPSA) is 80.3 Å². The Kier molecular flexibility index (Phi) is 31.6. The molecule has 0 atom stereocenters. The summed E-state index contributed by atoms with van der Waals surface area (Å²) in [6.45, 7) is 5.80. The minimum Gasteiger partial charge on any atom is -0.545 e. The average Bonchev–Trinajstić information content (AvgIpc) is 1.89. The van der Waals surface area contributed by atoms with Gasteiger partial charge in [0.25, 0.3) is 0 Å². The van der Waals surface area contributed by atoms with Gasteiger partial charge in [-0.05, 0) is 12.2 Å². The fourth-order valence-corrected chi connectivity index (χ4v) is 0. The van der Waals surface area contributed by atoms with Crippen LogP contribution in [0.2, 0.25) is 0 Å². The van der Waals surface area contributed by atoms with Crippen molar-refractivity contribution in [3.05, 3.63) is 25.3 Å². The number of carbonyl (C=O) groups excluding carboxylic acids is 2. The van der Waals surface area contributed by atoms with Crippen LogP contribution in [0.15, 0.2) is 25.3 Å². The molecule has 6 heteroatoms. The molecule has 71 valence electrons. The molecule has 0 aromatic carbocycles. The van der Waals surface area contributed by atoms with Crippen LogP contribution in [0.4, 0.5) is 0 Å². The fraction of sp³-hybridized carbons (Fsp3) is 0. The zero-order chi connectivity index (χ0) is 8.57. The molecule has 0 aromatic rings. The number of rotatable bonds is 2. The van der Waals surface area contributed by atoms with E-state index in [1.54, 1.807) is 0 Å². The monoisotopic (exact) mass is 257 g/mol. The van der Waals surface area contributed by atoms with Crippen LogP contribution in [0, 0.1) is 0 Å². The second-order valence-corrected chi connectivity index (χ2v) is 1.05. The Balaban J connectivity index is -0.0000000457. The van der Waals surface area contributed by atoms with Crippen LogP contribution in [0.5, 0.6) is 0 Å². The van der Waals surface area contributed by atoms with E-state index in [-0.39, 0.29) is 33.8 Å². The minimum atomic E-state index is -1.23. The molecule has 0 saturated heterocycles. The van der Waals surface area contributed by atoms with Crippen molar-refractivity contribution >= 4 is 11.9 Å². The zero-order valence-corrected chi connectivity index (χ0v) is 8.03. The van der Waals surface area contributed by atoms with Crippen molar-refractivity contribution in [2.45, 2.75) is 0 Å². The molecular weight excluding hydrogens is 251 g/mol. The molecule has 0 rings (SSSR count). The molecule has 0 aliphatic rings. The van der Waals surface area contributed by atoms with E-state index < -0.39 is 11.9 Å². The Morgan fingerprint density at radius 2 is 1.08 bits per heavy atom. The molecule has 0 spiro atoms. The van der Waals surface area contributed by atoms with Crippen LogP contribution < -0.4 is 10.2 Å². The molecule has 0 aliphatic heterocycles. The van der Waals surface area contributed by atoms with Crippen molar-refractivity contribution in [1.29, 1.82) is 0 Å². The average molecular weight is 257 g/mol. The molecular formula is C6H6CoFeO4. The summed E-state index contributed by atoms with van der Waals surface area (Å²) in [5.74, 6) is -2.46. The molecule has 0 unspecified atom stereocenters. The number of hydrogen-bond donors (Lipinski definition) is 0. The Morgan fingerprint density at radius 1 is 1.00 bits per heavy atom. The first-order valence-corrected chi connectivity index (χ1v) is 2.21. The van der Waals surface area contributed by atoms with Crippen LogP contribution in [-0.2, 0) is 43.4 Å². The second-order valence-electron chi connectivity index (χ2n) is 1.05. The molecule has 0 saturated carbocycles. The first-order chi connectivity index (χ1) is 4.54. The molecule has 0 amide bonds. The van der Waals surface area contributed by atoms with E-state index in [1.807, 2.05) is 0 Å². The molecule has 12 heavy (non-hydrogen) atoms. The van der Waals surface area contributed by atoms with Crippen LogP contribution >= 0.6 is 0 Å². The summed E-state index contributed by atoms with van der Waals surface area (Å²) in [5.41, 5.74) is 0. The van der Waals surface area contributed by atoms with Crippen molar-refractivity contribution in [3.63, 3.8) is 0 Å². The SMILES string of the molecule is C=CC(=O)[O-].C=CC(=O)[O-].[Co+2].[Fe]. The molecule has 0 aliphatic carbocycles. The molecule has 4 nitrogen and oxygen atoms in total. The third kappa shape index (κ3) is 56.7.